The Kier molecular flexibility index (Phi) is 6.55. The van der Waals surface area contributed by atoms with Crippen LogP contribution in [0.4, 0.5) is 0 Å². The van der Waals surface area contributed by atoms with Crippen LogP contribution in [0.25, 0.3) is 0 Å². The minimum Gasteiger partial charge on any atom is -0.393 e. The minimum absolute atomic E-state index is 0.147. The molecule has 108 valence electrons. The number of aliphatic hydroxyl groups is 1. The third kappa shape index (κ3) is 6.68. The van der Waals surface area contributed by atoms with Crippen LogP contribution < -0.4 is 4.72 Å². The van der Waals surface area contributed by atoms with Gasteiger partial charge in [-0.3, -0.25) is 0 Å². The van der Waals surface area contributed by atoms with Gasteiger partial charge >= 0.3 is 0 Å². The molecule has 1 saturated heterocycles. The quantitative estimate of drug-likeness (QED) is 0.662. The van der Waals surface area contributed by atoms with Crippen molar-refractivity contribution in [3.63, 3.8) is 0 Å². The maximum absolute atomic E-state index is 11.6. The van der Waals surface area contributed by atoms with Gasteiger partial charge in [-0.2, -0.15) is 0 Å². The molecule has 1 aliphatic rings. The molecule has 0 atom stereocenters. The highest BCUT2D eigenvalue weighted by Crippen LogP contribution is 2.09. The summed E-state index contributed by atoms with van der Waals surface area (Å²) >= 11 is 0. The van der Waals surface area contributed by atoms with E-state index in [9.17, 15) is 13.5 Å². The fourth-order valence-corrected chi connectivity index (χ4v) is 3.62. The molecule has 0 aromatic rings. The molecule has 0 bridgehead atoms. The lowest BCUT2D eigenvalue weighted by atomic mass is 10.1. The second kappa shape index (κ2) is 7.43. The molecule has 1 fully saturated rings. The van der Waals surface area contributed by atoms with E-state index < -0.39 is 10.0 Å². The molecule has 0 radical (unpaired) electrons. The van der Waals surface area contributed by atoms with E-state index in [0.29, 0.717) is 6.54 Å². The largest absolute Gasteiger partial charge is 0.393 e. The Bertz CT molecular complexity index is 322. The number of piperidine rings is 1. The molecule has 0 aromatic carbocycles. The van der Waals surface area contributed by atoms with Crippen LogP contribution in [0.15, 0.2) is 0 Å². The third-order valence-corrected chi connectivity index (χ3v) is 4.83. The number of sulfonamides is 1. The van der Waals surface area contributed by atoms with Crippen LogP contribution >= 0.6 is 0 Å². The Balaban J connectivity index is 2.11. The van der Waals surface area contributed by atoms with Crippen molar-refractivity contribution in [2.45, 2.75) is 39.2 Å². The van der Waals surface area contributed by atoms with Crippen molar-refractivity contribution in [3.05, 3.63) is 0 Å². The molecule has 2 N–H and O–H groups in total. The van der Waals surface area contributed by atoms with Gasteiger partial charge in [0.25, 0.3) is 0 Å². The molecule has 0 unspecified atom stereocenters. The number of rotatable bonds is 7. The van der Waals surface area contributed by atoms with Crippen LogP contribution in [0.3, 0.4) is 0 Å². The van der Waals surface area contributed by atoms with E-state index in [0.717, 1.165) is 38.9 Å². The first-order valence-corrected chi connectivity index (χ1v) is 8.42. The SMILES string of the molecule is CC(C)CS(=O)(=O)NCCCN1CCC(O)CC1. The van der Waals surface area contributed by atoms with Gasteiger partial charge in [0.15, 0.2) is 0 Å². The fourth-order valence-electron chi connectivity index (χ4n) is 2.17. The standard InChI is InChI=1S/C12H26N2O3S/c1-11(2)10-18(16,17)13-6-3-7-14-8-4-12(15)5-9-14/h11-13,15H,3-10H2,1-2H3. The summed E-state index contributed by atoms with van der Waals surface area (Å²) in [6, 6.07) is 0. The summed E-state index contributed by atoms with van der Waals surface area (Å²) in [5.74, 6) is 0.356. The molecule has 0 saturated carbocycles. The van der Waals surface area contributed by atoms with Gasteiger partial charge in [-0.25, -0.2) is 13.1 Å². The van der Waals surface area contributed by atoms with Gasteiger partial charge < -0.3 is 10.0 Å². The van der Waals surface area contributed by atoms with E-state index in [-0.39, 0.29) is 17.8 Å². The van der Waals surface area contributed by atoms with Crippen LogP contribution in [-0.2, 0) is 10.0 Å². The number of hydrogen-bond donors (Lipinski definition) is 2. The maximum atomic E-state index is 11.6. The smallest absolute Gasteiger partial charge is 0.211 e. The van der Waals surface area contributed by atoms with Crippen LogP contribution in [-0.4, -0.2) is 56.5 Å². The van der Waals surface area contributed by atoms with Gasteiger partial charge in [0.2, 0.25) is 10.0 Å². The second-order valence-electron chi connectivity index (χ2n) is 5.50. The molecule has 0 amide bonds. The van der Waals surface area contributed by atoms with Crippen LogP contribution in [0.5, 0.6) is 0 Å². The van der Waals surface area contributed by atoms with E-state index in [2.05, 4.69) is 9.62 Å². The average molecular weight is 278 g/mol. The monoisotopic (exact) mass is 278 g/mol. The highest BCUT2D eigenvalue weighted by molar-refractivity contribution is 7.89. The zero-order valence-electron chi connectivity index (χ0n) is 11.4. The minimum atomic E-state index is -3.10. The Morgan fingerprint density at radius 3 is 2.50 bits per heavy atom. The fraction of sp³-hybridized carbons (Fsp3) is 1.00. The van der Waals surface area contributed by atoms with E-state index in [1.54, 1.807) is 0 Å². The molecular weight excluding hydrogens is 252 g/mol. The zero-order valence-corrected chi connectivity index (χ0v) is 12.2. The lowest BCUT2D eigenvalue weighted by molar-refractivity contribution is 0.0823. The van der Waals surface area contributed by atoms with Gasteiger partial charge in [-0.05, 0) is 31.7 Å². The molecule has 1 aliphatic heterocycles. The predicted molar refractivity (Wildman–Crippen MR) is 72.9 cm³/mol. The Morgan fingerprint density at radius 2 is 1.94 bits per heavy atom. The van der Waals surface area contributed by atoms with Gasteiger partial charge in [0.1, 0.15) is 0 Å². The summed E-state index contributed by atoms with van der Waals surface area (Å²) in [5, 5.41) is 9.37. The predicted octanol–water partition coefficient (Wildman–Crippen LogP) is 0.409. The molecule has 0 aliphatic carbocycles. The van der Waals surface area contributed by atoms with Crippen LogP contribution in [0, 0.1) is 5.92 Å². The van der Waals surface area contributed by atoms with E-state index in [1.807, 2.05) is 13.8 Å². The van der Waals surface area contributed by atoms with Crippen molar-refractivity contribution >= 4 is 10.0 Å². The van der Waals surface area contributed by atoms with Gasteiger partial charge in [-0.1, -0.05) is 13.8 Å². The summed E-state index contributed by atoms with van der Waals surface area (Å²) < 4.78 is 25.8. The first kappa shape index (κ1) is 15.9. The summed E-state index contributed by atoms with van der Waals surface area (Å²) in [6.07, 6.45) is 2.34. The third-order valence-electron chi connectivity index (χ3n) is 3.08. The first-order chi connectivity index (χ1) is 8.39. The van der Waals surface area contributed by atoms with Crippen molar-refractivity contribution < 1.29 is 13.5 Å². The molecule has 0 spiro atoms. The lowest BCUT2D eigenvalue weighted by Gasteiger charge is -2.29. The average Bonchev–Trinajstić information content (AvgIpc) is 2.25. The van der Waals surface area contributed by atoms with Gasteiger partial charge in [0.05, 0.1) is 11.9 Å². The van der Waals surface area contributed by atoms with Crippen molar-refractivity contribution in [3.8, 4) is 0 Å². The molecule has 1 rings (SSSR count). The van der Waals surface area contributed by atoms with Gasteiger partial charge in [0, 0.05) is 19.6 Å². The van der Waals surface area contributed by atoms with Crippen LogP contribution in [0.2, 0.25) is 0 Å². The van der Waals surface area contributed by atoms with Crippen molar-refractivity contribution in [2.24, 2.45) is 5.92 Å². The molecule has 6 heteroatoms. The number of hydrogen-bond acceptors (Lipinski definition) is 4. The summed E-state index contributed by atoms with van der Waals surface area (Å²) in [5.41, 5.74) is 0. The molecule has 5 nitrogen and oxygen atoms in total. The second-order valence-corrected chi connectivity index (χ2v) is 7.35. The summed E-state index contributed by atoms with van der Waals surface area (Å²) in [4.78, 5) is 2.28. The molecule has 18 heavy (non-hydrogen) atoms. The Morgan fingerprint density at radius 1 is 1.33 bits per heavy atom. The molecular formula is C12H26N2O3S. The Hall–Kier alpha value is -0.170. The zero-order chi connectivity index (χ0) is 13.6. The summed E-state index contributed by atoms with van der Waals surface area (Å²) in [7, 11) is -3.10. The summed E-state index contributed by atoms with van der Waals surface area (Å²) in [6.45, 7) is 7.04. The number of likely N-dealkylation sites (tertiary alicyclic amines) is 1. The number of nitrogens with one attached hydrogen (secondary N) is 1. The number of aliphatic hydroxyl groups excluding tert-OH is 1. The first-order valence-electron chi connectivity index (χ1n) is 6.77. The van der Waals surface area contributed by atoms with Gasteiger partial charge in [-0.15, -0.1) is 0 Å². The maximum Gasteiger partial charge on any atom is 0.211 e. The normalized spacial score (nSPS) is 19.6. The molecule has 1 heterocycles. The van der Waals surface area contributed by atoms with E-state index in [4.69, 9.17) is 0 Å². The highest BCUT2D eigenvalue weighted by atomic mass is 32.2. The van der Waals surface area contributed by atoms with Crippen molar-refractivity contribution in [1.29, 1.82) is 0 Å². The van der Waals surface area contributed by atoms with Crippen molar-refractivity contribution in [1.82, 2.24) is 9.62 Å². The van der Waals surface area contributed by atoms with E-state index >= 15 is 0 Å². The number of nitrogens with zero attached hydrogens (tertiary/aromatic N) is 1. The van der Waals surface area contributed by atoms with Crippen molar-refractivity contribution in [2.75, 3.05) is 31.9 Å². The Labute approximate surface area is 111 Å². The molecule has 0 aromatic heterocycles. The topological polar surface area (TPSA) is 69.6 Å². The lowest BCUT2D eigenvalue weighted by Crippen LogP contribution is -2.38. The van der Waals surface area contributed by atoms with Crippen LogP contribution in [0.1, 0.15) is 33.1 Å². The highest BCUT2D eigenvalue weighted by Gasteiger charge is 2.16. The van der Waals surface area contributed by atoms with E-state index in [1.165, 1.54) is 0 Å².